The van der Waals surface area contributed by atoms with Crippen molar-refractivity contribution in [2.75, 3.05) is 6.61 Å². The molecule has 0 bridgehead atoms. The van der Waals surface area contributed by atoms with Gasteiger partial charge in [-0.15, -0.1) is 11.3 Å². The Morgan fingerprint density at radius 1 is 1.07 bits per heavy atom. The summed E-state index contributed by atoms with van der Waals surface area (Å²) in [5, 5.41) is 4.36. The second-order valence-electron chi connectivity index (χ2n) is 7.38. The van der Waals surface area contributed by atoms with Crippen LogP contribution in [-0.2, 0) is 11.3 Å². The van der Waals surface area contributed by atoms with Gasteiger partial charge in [-0.3, -0.25) is 0 Å². The first-order chi connectivity index (χ1) is 14.7. The SMILES string of the molecule is Fc1ccc(N=c2scc(-c3cccc4ccccc34)n2CC2CCCO2)c(F)c1. The van der Waals surface area contributed by atoms with E-state index in [4.69, 9.17) is 4.74 Å². The second kappa shape index (κ2) is 8.13. The molecule has 1 aromatic heterocycles. The normalized spacial score (nSPS) is 17.1. The Morgan fingerprint density at radius 3 is 2.77 bits per heavy atom. The van der Waals surface area contributed by atoms with Crippen LogP contribution in [0.1, 0.15) is 12.8 Å². The Balaban J connectivity index is 1.69. The minimum Gasteiger partial charge on any atom is -0.376 e. The van der Waals surface area contributed by atoms with Crippen molar-refractivity contribution in [2.45, 2.75) is 25.5 Å². The molecule has 152 valence electrons. The van der Waals surface area contributed by atoms with E-state index in [1.165, 1.54) is 23.5 Å². The molecule has 1 fully saturated rings. The summed E-state index contributed by atoms with van der Waals surface area (Å²) < 4.78 is 35.5. The van der Waals surface area contributed by atoms with E-state index in [0.717, 1.165) is 47.5 Å². The number of hydrogen-bond acceptors (Lipinski definition) is 3. The van der Waals surface area contributed by atoms with Crippen LogP contribution in [-0.4, -0.2) is 17.3 Å². The van der Waals surface area contributed by atoms with Crippen molar-refractivity contribution in [3.63, 3.8) is 0 Å². The Hall–Kier alpha value is -2.83. The van der Waals surface area contributed by atoms with Gasteiger partial charge in [-0.05, 0) is 35.7 Å². The van der Waals surface area contributed by atoms with E-state index in [1.54, 1.807) is 0 Å². The van der Waals surface area contributed by atoms with Crippen LogP contribution in [0.4, 0.5) is 14.5 Å². The molecule has 0 saturated carbocycles. The second-order valence-corrected chi connectivity index (χ2v) is 8.22. The number of halogens is 2. The van der Waals surface area contributed by atoms with Crippen molar-refractivity contribution in [2.24, 2.45) is 4.99 Å². The van der Waals surface area contributed by atoms with Gasteiger partial charge in [0.1, 0.15) is 11.5 Å². The number of rotatable bonds is 4. The number of aromatic nitrogens is 1. The van der Waals surface area contributed by atoms with E-state index >= 15 is 0 Å². The van der Waals surface area contributed by atoms with E-state index < -0.39 is 11.6 Å². The summed E-state index contributed by atoms with van der Waals surface area (Å²) in [6.45, 7) is 1.40. The molecule has 0 N–H and O–H groups in total. The number of fused-ring (bicyclic) bond motifs is 1. The maximum Gasteiger partial charge on any atom is 0.190 e. The predicted octanol–water partition coefficient (Wildman–Crippen LogP) is 6.06. The minimum absolute atomic E-state index is 0.102. The van der Waals surface area contributed by atoms with E-state index in [0.29, 0.717) is 11.3 Å². The zero-order chi connectivity index (χ0) is 20.5. The van der Waals surface area contributed by atoms with Gasteiger partial charge in [-0.2, -0.15) is 0 Å². The average molecular weight is 423 g/mol. The van der Waals surface area contributed by atoms with Crippen LogP contribution in [0.3, 0.4) is 0 Å². The maximum absolute atomic E-state index is 14.2. The summed E-state index contributed by atoms with van der Waals surface area (Å²) in [6, 6.07) is 18.0. The molecular formula is C24H20F2N2OS. The molecule has 4 aromatic rings. The van der Waals surface area contributed by atoms with E-state index in [1.807, 2.05) is 18.2 Å². The Labute approximate surface area is 176 Å². The topological polar surface area (TPSA) is 26.5 Å². The van der Waals surface area contributed by atoms with Gasteiger partial charge < -0.3 is 9.30 Å². The Kier molecular flexibility index (Phi) is 5.19. The maximum atomic E-state index is 14.2. The third-order valence-corrected chi connectivity index (χ3v) is 6.26. The molecule has 1 aliphatic heterocycles. The van der Waals surface area contributed by atoms with Crippen LogP contribution in [0.25, 0.3) is 22.0 Å². The molecule has 5 rings (SSSR count). The molecule has 1 unspecified atom stereocenters. The lowest BCUT2D eigenvalue weighted by Gasteiger charge is -2.15. The lowest BCUT2D eigenvalue weighted by molar-refractivity contribution is 0.0968. The number of benzene rings is 3. The zero-order valence-electron chi connectivity index (χ0n) is 16.2. The highest BCUT2D eigenvalue weighted by Gasteiger charge is 2.20. The number of hydrogen-bond donors (Lipinski definition) is 0. The standard InChI is InChI=1S/C24H20F2N2OS/c25-17-10-11-22(21(26)13-17)27-24-28(14-18-7-4-12-29-18)23(15-30-24)20-9-3-6-16-5-1-2-8-19(16)20/h1-3,5-6,8-11,13,15,18H,4,7,12,14H2. The van der Waals surface area contributed by atoms with Crippen molar-refractivity contribution in [1.29, 1.82) is 0 Å². The van der Waals surface area contributed by atoms with Crippen molar-refractivity contribution < 1.29 is 13.5 Å². The number of thiazole rings is 1. The number of ether oxygens (including phenoxy) is 1. The van der Waals surface area contributed by atoms with Crippen LogP contribution >= 0.6 is 11.3 Å². The third-order valence-electron chi connectivity index (χ3n) is 5.40. The smallest absolute Gasteiger partial charge is 0.190 e. The first kappa shape index (κ1) is 19.2. The van der Waals surface area contributed by atoms with Gasteiger partial charge in [0.05, 0.1) is 18.3 Å². The molecule has 3 aromatic carbocycles. The van der Waals surface area contributed by atoms with Crippen LogP contribution in [0.15, 0.2) is 71.0 Å². The molecule has 6 heteroatoms. The highest BCUT2D eigenvalue weighted by Crippen LogP contribution is 2.30. The summed E-state index contributed by atoms with van der Waals surface area (Å²) in [5.41, 5.74) is 2.25. The van der Waals surface area contributed by atoms with Gasteiger partial charge in [0, 0.05) is 23.6 Å². The summed E-state index contributed by atoms with van der Waals surface area (Å²) in [5.74, 6) is -1.28. The summed E-state index contributed by atoms with van der Waals surface area (Å²) in [4.78, 5) is 5.20. The molecule has 3 nitrogen and oxygen atoms in total. The molecular weight excluding hydrogens is 402 g/mol. The van der Waals surface area contributed by atoms with Gasteiger partial charge in [0.2, 0.25) is 0 Å². The van der Waals surface area contributed by atoms with Gasteiger partial charge in [-0.25, -0.2) is 13.8 Å². The molecule has 2 heterocycles. The van der Waals surface area contributed by atoms with E-state index in [2.05, 4.69) is 39.2 Å². The van der Waals surface area contributed by atoms with Gasteiger partial charge in [0.25, 0.3) is 0 Å². The van der Waals surface area contributed by atoms with Crippen LogP contribution in [0.2, 0.25) is 0 Å². The van der Waals surface area contributed by atoms with Gasteiger partial charge in [-0.1, -0.05) is 42.5 Å². The summed E-state index contributed by atoms with van der Waals surface area (Å²) in [7, 11) is 0. The van der Waals surface area contributed by atoms with Crippen LogP contribution in [0.5, 0.6) is 0 Å². The first-order valence-electron chi connectivity index (χ1n) is 9.97. The van der Waals surface area contributed by atoms with E-state index in [9.17, 15) is 8.78 Å². The molecule has 1 atom stereocenters. The largest absolute Gasteiger partial charge is 0.376 e. The van der Waals surface area contributed by atoms with Crippen molar-refractivity contribution in [3.8, 4) is 11.3 Å². The zero-order valence-corrected chi connectivity index (χ0v) is 17.0. The quantitative estimate of drug-likeness (QED) is 0.393. The molecule has 1 saturated heterocycles. The fraction of sp³-hybridized carbons (Fsp3) is 0.208. The van der Waals surface area contributed by atoms with Crippen molar-refractivity contribution >= 4 is 27.8 Å². The minimum atomic E-state index is -0.668. The molecule has 1 aliphatic rings. The van der Waals surface area contributed by atoms with E-state index in [-0.39, 0.29) is 11.8 Å². The molecule has 0 radical (unpaired) electrons. The highest BCUT2D eigenvalue weighted by atomic mass is 32.1. The monoisotopic (exact) mass is 422 g/mol. The average Bonchev–Trinajstić information content (AvgIpc) is 3.40. The third kappa shape index (κ3) is 3.68. The van der Waals surface area contributed by atoms with Gasteiger partial charge in [0.15, 0.2) is 10.6 Å². The van der Waals surface area contributed by atoms with Crippen molar-refractivity contribution in [1.82, 2.24) is 4.57 Å². The fourth-order valence-electron chi connectivity index (χ4n) is 3.93. The summed E-state index contributed by atoms with van der Waals surface area (Å²) >= 11 is 1.45. The number of nitrogens with zero attached hydrogens (tertiary/aromatic N) is 2. The lowest BCUT2D eigenvalue weighted by atomic mass is 10.0. The summed E-state index contributed by atoms with van der Waals surface area (Å²) in [6.07, 6.45) is 2.13. The lowest BCUT2D eigenvalue weighted by Crippen LogP contribution is -2.24. The fourth-order valence-corrected chi connectivity index (χ4v) is 4.85. The predicted molar refractivity (Wildman–Crippen MR) is 116 cm³/mol. The molecule has 30 heavy (non-hydrogen) atoms. The molecule has 0 amide bonds. The van der Waals surface area contributed by atoms with Crippen molar-refractivity contribution in [3.05, 3.63) is 82.5 Å². The van der Waals surface area contributed by atoms with Crippen LogP contribution < -0.4 is 4.80 Å². The first-order valence-corrected chi connectivity index (χ1v) is 10.8. The van der Waals surface area contributed by atoms with Crippen LogP contribution in [0, 0.1) is 11.6 Å². The molecule has 0 spiro atoms. The van der Waals surface area contributed by atoms with Gasteiger partial charge >= 0.3 is 0 Å². The molecule has 0 aliphatic carbocycles. The highest BCUT2D eigenvalue weighted by molar-refractivity contribution is 7.07. The Bertz CT molecular complexity index is 1270. The Morgan fingerprint density at radius 2 is 1.93 bits per heavy atom.